The van der Waals surface area contributed by atoms with Gasteiger partial charge in [-0.3, -0.25) is 4.79 Å². The highest BCUT2D eigenvalue weighted by molar-refractivity contribution is 7.80. The second-order valence-electron chi connectivity index (χ2n) is 5.26. The van der Waals surface area contributed by atoms with Crippen molar-refractivity contribution in [3.8, 4) is 0 Å². The maximum absolute atomic E-state index is 12.9. The molecule has 1 aliphatic carbocycles. The van der Waals surface area contributed by atoms with Crippen LogP contribution in [0, 0.1) is 11.3 Å². The van der Waals surface area contributed by atoms with Gasteiger partial charge in [0.05, 0.1) is 4.99 Å². The lowest BCUT2D eigenvalue weighted by atomic mass is 9.93. The lowest BCUT2D eigenvalue weighted by Crippen LogP contribution is -2.43. The molecule has 1 fully saturated rings. The summed E-state index contributed by atoms with van der Waals surface area (Å²) in [6.07, 6.45) is -0.317. The Hall–Kier alpha value is -0.780. The summed E-state index contributed by atoms with van der Waals surface area (Å²) in [6, 6.07) is 0. The minimum Gasteiger partial charge on any atom is -0.393 e. The monoisotopic (exact) mass is 264 g/mol. The number of carbonyl (C=O) groups excluding carboxylic acids is 1. The third-order valence-corrected chi connectivity index (χ3v) is 3.70. The molecule has 1 rings (SSSR count). The Morgan fingerprint density at radius 1 is 1.59 bits per heavy atom. The van der Waals surface area contributed by atoms with E-state index in [0.29, 0.717) is 4.99 Å². The number of hydrogen-bond donors (Lipinski definition) is 2. The molecule has 1 atom stereocenters. The zero-order chi connectivity index (χ0) is 13.3. The standard InChI is InChI=1S/C11H18F2N2OS/c1-10(2,9(14)17)6-15-8(16)7-3-4-11(12,13)5-7/h7H,3-6H2,1-2H3,(H2,14,17)(H,15,16). The summed E-state index contributed by atoms with van der Waals surface area (Å²) in [5.41, 5.74) is 5.02. The molecule has 98 valence electrons. The first-order valence-corrected chi connectivity index (χ1v) is 6.00. The van der Waals surface area contributed by atoms with Crippen LogP contribution in [0.25, 0.3) is 0 Å². The van der Waals surface area contributed by atoms with Crippen molar-refractivity contribution in [3.63, 3.8) is 0 Å². The fourth-order valence-corrected chi connectivity index (χ4v) is 1.79. The molecule has 0 aromatic heterocycles. The van der Waals surface area contributed by atoms with Crippen LogP contribution < -0.4 is 11.1 Å². The lowest BCUT2D eigenvalue weighted by molar-refractivity contribution is -0.126. The normalized spacial score (nSPS) is 23.4. The Bertz CT molecular complexity index is 331. The minimum absolute atomic E-state index is 0.205. The number of carbonyl (C=O) groups is 1. The van der Waals surface area contributed by atoms with E-state index in [9.17, 15) is 13.6 Å². The minimum atomic E-state index is -2.69. The maximum atomic E-state index is 12.9. The number of nitrogens with two attached hydrogens (primary N) is 1. The number of amides is 1. The van der Waals surface area contributed by atoms with E-state index >= 15 is 0 Å². The highest BCUT2D eigenvalue weighted by Gasteiger charge is 2.42. The van der Waals surface area contributed by atoms with Crippen molar-refractivity contribution in [2.75, 3.05) is 6.54 Å². The molecule has 0 bridgehead atoms. The van der Waals surface area contributed by atoms with E-state index in [1.807, 2.05) is 0 Å². The van der Waals surface area contributed by atoms with Crippen molar-refractivity contribution >= 4 is 23.1 Å². The molecular formula is C11H18F2N2OS. The Balaban J connectivity index is 2.44. The quantitative estimate of drug-likeness (QED) is 0.762. The molecule has 0 saturated heterocycles. The second kappa shape index (κ2) is 4.84. The van der Waals surface area contributed by atoms with Crippen LogP contribution in [0.4, 0.5) is 8.78 Å². The highest BCUT2D eigenvalue weighted by Crippen LogP contribution is 2.38. The number of hydrogen-bond acceptors (Lipinski definition) is 2. The first kappa shape index (κ1) is 14.3. The van der Waals surface area contributed by atoms with Crippen molar-refractivity contribution in [2.45, 2.75) is 39.0 Å². The zero-order valence-electron chi connectivity index (χ0n) is 10.1. The van der Waals surface area contributed by atoms with Gasteiger partial charge in [0, 0.05) is 30.7 Å². The van der Waals surface area contributed by atoms with Crippen molar-refractivity contribution < 1.29 is 13.6 Å². The molecule has 0 spiro atoms. The highest BCUT2D eigenvalue weighted by atomic mass is 32.1. The average Bonchev–Trinajstić information content (AvgIpc) is 2.55. The van der Waals surface area contributed by atoms with Gasteiger partial charge in [-0.2, -0.15) is 0 Å². The molecule has 17 heavy (non-hydrogen) atoms. The molecular weight excluding hydrogens is 246 g/mol. The number of alkyl halides is 2. The van der Waals surface area contributed by atoms with Gasteiger partial charge in [0.1, 0.15) is 0 Å². The zero-order valence-corrected chi connectivity index (χ0v) is 10.9. The van der Waals surface area contributed by atoms with E-state index in [0.717, 1.165) is 0 Å². The molecule has 0 aliphatic heterocycles. The maximum Gasteiger partial charge on any atom is 0.248 e. The first-order chi connectivity index (χ1) is 7.64. The molecule has 0 heterocycles. The van der Waals surface area contributed by atoms with Gasteiger partial charge < -0.3 is 11.1 Å². The largest absolute Gasteiger partial charge is 0.393 e. The second-order valence-corrected chi connectivity index (χ2v) is 5.70. The van der Waals surface area contributed by atoms with Crippen LogP contribution in [0.3, 0.4) is 0 Å². The molecule has 3 nitrogen and oxygen atoms in total. The molecule has 1 saturated carbocycles. The summed E-state index contributed by atoms with van der Waals surface area (Å²) in [6.45, 7) is 3.89. The molecule has 1 unspecified atom stereocenters. The van der Waals surface area contributed by atoms with Gasteiger partial charge in [0.25, 0.3) is 0 Å². The number of rotatable bonds is 4. The number of thiocarbonyl (C=S) groups is 1. The van der Waals surface area contributed by atoms with Crippen LogP contribution >= 0.6 is 12.2 Å². The smallest absolute Gasteiger partial charge is 0.248 e. The van der Waals surface area contributed by atoms with Gasteiger partial charge in [0.15, 0.2) is 0 Å². The average molecular weight is 264 g/mol. The third-order valence-electron chi connectivity index (χ3n) is 3.15. The lowest BCUT2D eigenvalue weighted by Gasteiger charge is -2.24. The Morgan fingerprint density at radius 3 is 2.59 bits per heavy atom. The SMILES string of the molecule is CC(C)(CNC(=O)C1CCC(F)(F)C1)C(N)=S. The van der Waals surface area contributed by atoms with Gasteiger partial charge in [0.2, 0.25) is 11.8 Å². The first-order valence-electron chi connectivity index (χ1n) is 5.59. The van der Waals surface area contributed by atoms with E-state index in [4.69, 9.17) is 18.0 Å². The fourth-order valence-electron chi connectivity index (χ4n) is 1.71. The van der Waals surface area contributed by atoms with Crippen LogP contribution in [0.5, 0.6) is 0 Å². The van der Waals surface area contributed by atoms with Gasteiger partial charge >= 0.3 is 0 Å². The van der Waals surface area contributed by atoms with Crippen molar-refractivity contribution in [1.29, 1.82) is 0 Å². The van der Waals surface area contributed by atoms with Crippen molar-refractivity contribution in [2.24, 2.45) is 17.1 Å². The Kier molecular flexibility index (Phi) is 4.06. The Morgan fingerprint density at radius 2 is 2.18 bits per heavy atom. The molecule has 0 aromatic rings. The van der Waals surface area contributed by atoms with Crippen LogP contribution in [-0.4, -0.2) is 23.4 Å². The van der Waals surface area contributed by atoms with Gasteiger partial charge in [-0.1, -0.05) is 26.1 Å². The Labute approximate surface area is 105 Å². The number of nitrogens with one attached hydrogen (secondary N) is 1. The molecule has 1 aliphatic rings. The van der Waals surface area contributed by atoms with E-state index in [2.05, 4.69) is 5.32 Å². The molecule has 0 radical (unpaired) electrons. The summed E-state index contributed by atoms with van der Waals surface area (Å²) in [7, 11) is 0. The molecule has 3 N–H and O–H groups in total. The molecule has 6 heteroatoms. The predicted octanol–water partition coefficient (Wildman–Crippen LogP) is 1.85. The van der Waals surface area contributed by atoms with Gasteiger partial charge in [-0.15, -0.1) is 0 Å². The summed E-state index contributed by atoms with van der Waals surface area (Å²) in [5, 5.41) is 2.64. The fraction of sp³-hybridized carbons (Fsp3) is 0.818. The summed E-state index contributed by atoms with van der Waals surface area (Å²) in [5.74, 6) is -3.61. The van der Waals surface area contributed by atoms with Crippen molar-refractivity contribution in [1.82, 2.24) is 5.32 Å². The summed E-state index contributed by atoms with van der Waals surface area (Å²) >= 11 is 4.86. The van der Waals surface area contributed by atoms with Crippen LogP contribution in [0.1, 0.15) is 33.1 Å². The predicted molar refractivity (Wildman–Crippen MR) is 65.9 cm³/mol. The van der Waals surface area contributed by atoms with Gasteiger partial charge in [-0.25, -0.2) is 8.78 Å². The molecule has 0 aromatic carbocycles. The summed E-state index contributed by atoms with van der Waals surface area (Å²) in [4.78, 5) is 12.0. The van der Waals surface area contributed by atoms with Crippen LogP contribution in [0.15, 0.2) is 0 Å². The topological polar surface area (TPSA) is 55.1 Å². The summed E-state index contributed by atoms with van der Waals surface area (Å²) < 4.78 is 25.9. The third kappa shape index (κ3) is 3.87. The molecule has 1 amide bonds. The van der Waals surface area contributed by atoms with Crippen LogP contribution in [0.2, 0.25) is 0 Å². The van der Waals surface area contributed by atoms with E-state index < -0.39 is 17.3 Å². The van der Waals surface area contributed by atoms with E-state index in [-0.39, 0.29) is 31.7 Å². The van der Waals surface area contributed by atoms with Crippen LogP contribution in [-0.2, 0) is 4.79 Å². The van der Waals surface area contributed by atoms with E-state index in [1.165, 1.54) is 0 Å². The van der Waals surface area contributed by atoms with Gasteiger partial charge in [-0.05, 0) is 6.42 Å². The van der Waals surface area contributed by atoms with Crippen molar-refractivity contribution in [3.05, 3.63) is 0 Å². The number of halogens is 2. The van der Waals surface area contributed by atoms with E-state index in [1.54, 1.807) is 13.8 Å².